The maximum atomic E-state index is 11.2. The third-order valence-corrected chi connectivity index (χ3v) is 2.76. The molecule has 0 N–H and O–H groups in total. The van der Waals surface area contributed by atoms with E-state index in [0.717, 1.165) is 11.3 Å². The Morgan fingerprint density at radius 2 is 2.11 bits per heavy atom. The van der Waals surface area contributed by atoms with Crippen molar-refractivity contribution in [2.75, 3.05) is 13.2 Å². The van der Waals surface area contributed by atoms with Crippen LogP contribution in [0.3, 0.4) is 0 Å². The van der Waals surface area contributed by atoms with Crippen LogP contribution in [0.5, 0.6) is 5.88 Å². The summed E-state index contributed by atoms with van der Waals surface area (Å²) in [7, 11) is 0. The lowest BCUT2D eigenvalue weighted by atomic mass is 9.91. The lowest BCUT2D eigenvalue weighted by molar-refractivity contribution is -0.145. The number of esters is 1. The molecule has 0 saturated heterocycles. The van der Waals surface area contributed by atoms with Gasteiger partial charge in [0.2, 0.25) is 0 Å². The van der Waals surface area contributed by atoms with Gasteiger partial charge in [-0.1, -0.05) is 36.7 Å². The summed E-state index contributed by atoms with van der Waals surface area (Å²) in [4.78, 5) is 11.2. The quantitative estimate of drug-likeness (QED) is 0.617. The van der Waals surface area contributed by atoms with Gasteiger partial charge in [0.05, 0.1) is 12.2 Å². The molecule has 1 heterocycles. The highest BCUT2D eigenvalue weighted by Gasteiger charge is 2.27. The zero-order valence-electron chi connectivity index (χ0n) is 11.1. The number of hydrogen-bond acceptors (Lipinski definition) is 5. The maximum absolute atomic E-state index is 11.2. The second-order valence-electron chi connectivity index (χ2n) is 4.77. The van der Waals surface area contributed by atoms with E-state index in [4.69, 9.17) is 14.0 Å². The largest absolute Gasteiger partial charge is 0.463 e. The van der Waals surface area contributed by atoms with Gasteiger partial charge in [0.15, 0.2) is 6.61 Å². The molecule has 18 heavy (non-hydrogen) atoms. The SMILES string of the molecule is CCOC(=O)COc1noc(C(C)(C)C)c1CBr. The molecular formula is C12H18BrNO4. The molecule has 0 radical (unpaired) electrons. The van der Waals surface area contributed by atoms with Crippen molar-refractivity contribution in [1.82, 2.24) is 5.16 Å². The van der Waals surface area contributed by atoms with Gasteiger partial charge in [0, 0.05) is 10.7 Å². The van der Waals surface area contributed by atoms with Crippen molar-refractivity contribution in [2.45, 2.75) is 38.4 Å². The Balaban J connectivity index is 2.78. The average molecular weight is 320 g/mol. The molecule has 0 aliphatic rings. The molecule has 0 unspecified atom stereocenters. The van der Waals surface area contributed by atoms with Gasteiger partial charge in [0.1, 0.15) is 5.76 Å². The fourth-order valence-corrected chi connectivity index (χ4v) is 1.94. The predicted octanol–water partition coefficient (Wildman–Crippen LogP) is 2.81. The molecule has 102 valence electrons. The van der Waals surface area contributed by atoms with Crippen molar-refractivity contribution in [3.63, 3.8) is 0 Å². The fraction of sp³-hybridized carbons (Fsp3) is 0.667. The van der Waals surface area contributed by atoms with Crippen LogP contribution in [0.1, 0.15) is 39.0 Å². The Kier molecular flexibility index (Phi) is 5.19. The number of nitrogens with zero attached hydrogens (tertiary/aromatic N) is 1. The van der Waals surface area contributed by atoms with E-state index in [2.05, 4.69) is 21.1 Å². The maximum Gasteiger partial charge on any atom is 0.344 e. The molecule has 0 aliphatic carbocycles. The van der Waals surface area contributed by atoms with Crippen molar-refractivity contribution < 1.29 is 18.8 Å². The van der Waals surface area contributed by atoms with Crippen LogP contribution >= 0.6 is 15.9 Å². The van der Waals surface area contributed by atoms with Crippen LogP contribution in [-0.4, -0.2) is 24.3 Å². The van der Waals surface area contributed by atoms with Crippen molar-refractivity contribution in [1.29, 1.82) is 0 Å². The van der Waals surface area contributed by atoms with Gasteiger partial charge in [-0.25, -0.2) is 4.79 Å². The molecule has 1 rings (SSSR count). The van der Waals surface area contributed by atoms with Crippen molar-refractivity contribution in [3.05, 3.63) is 11.3 Å². The summed E-state index contributed by atoms with van der Waals surface area (Å²) in [6.45, 7) is 7.98. The van der Waals surface area contributed by atoms with E-state index in [-0.39, 0.29) is 12.0 Å². The van der Waals surface area contributed by atoms with Gasteiger partial charge in [-0.05, 0) is 12.1 Å². The van der Waals surface area contributed by atoms with Crippen molar-refractivity contribution >= 4 is 21.9 Å². The molecule has 0 aliphatic heterocycles. The van der Waals surface area contributed by atoms with Gasteiger partial charge in [-0.15, -0.1) is 0 Å². The number of carbonyl (C=O) groups excluding carboxylic acids is 1. The van der Waals surface area contributed by atoms with Crippen LogP contribution < -0.4 is 4.74 Å². The number of alkyl halides is 1. The highest BCUT2D eigenvalue weighted by molar-refractivity contribution is 9.08. The Bertz CT molecular complexity index is 409. The average Bonchev–Trinajstić information content (AvgIpc) is 2.69. The Labute approximate surface area is 115 Å². The minimum Gasteiger partial charge on any atom is -0.463 e. The van der Waals surface area contributed by atoms with Crippen LogP contribution in [0, 0.1) is 0 Å². The summed E-state index contributed by atoms with van der Waals surface area (Å²) in [5.41, 5.74) is 0.661. The minimum atomic E-state index is -0.418. The first kappa shape index (κ1) is 15.0. The number of aromatic nitrogens is 1. The zero-order valence-corrected chi connectivity index (χ0v) is 12.7. The van der Waals surface area contributed by atoms with E-state index in [9.17, 15) is 4.79 Å². The van der Waals surface area contributed by atoms with Crippen LogP contribution in [0.2, 0.25) is 0 Å². The smallest absolute Gasteiger partial charge is 0.344 e. The highest BCUT2D eigenvalue weighted by Crippen LogP contribution is 2.33. The number of carbonyl (C=O) groups is 1. The second kappa shape index (κ2) is 6.22. The van der Waals surface area contributed by atoms with Crippen LogP contribution in [-0.2, 0) is 20.3 Å². The molecule has 0 saturated carbocycles. The normalized spacial score (nSPS) is 11.4. The molecule has 0 bridgehead atoms. The zero-order chi connectivity index (χ0) is 13.8. The predicted molar refractivity (Wildman–Crippen MR) is 70.0 cm³/mol. The van der Waals surface area contributed by atoms with Crippen LogP contribution in [0.15, 0.2) is 4.52 Å². The van der Waals surface area contributed by atoms with E-state index < -0.39 is 5.97 Å². The molecule has 0 aromatic carbocycles. The van der Waals surface area contributed by atoms with Crippen molar-refractivity contribution in [2.24, 2.45) is 0 Å². The summed E-state index contributed by atoms with van der Waals surface area (Å²) in [5, 5.41) is 4.41. The molecular weight excluding hydrogens is 302 g/mol. The van der Waals surface area contributed by atoms with Crippen LogP contribution in [0.25, 0.3) is 0 Å². The fourth-order valence-electron chi connectivity index (χ4n) is 1.45. The molecule has 0 amide bonds. The second-order valence-corrected chi connectivity index (χ2v) is 5.33. The summed E-state index contributed by atoms with van der Waals surface area (Å²) in [5.74, 6) is 0.668. The molecule has 1 aromatic rings. The lowest BCUT2D eigenvalue weighted by Gasteiger charge is -2.15. The first-order valence-electron chi connectivity index (χ1n) is 5.73. The summed E-state index contributed by atoms with van der Waals surface area (Å²) < 4.78 is 15.4. The standard InChI is InChI=1S/C12H18BrNO4/c1-5-16-9(15)7-17-11-8(6-13)10(18-14-11)12(2,3)4/h5-7H2,1-4H3. The third-order valence-electron chi connectivity index (χ3n) is 2.20. The Hall–Kier alpha value is -1.04. The van der Waals surface area contributed by atoms with Gasteiger partial charge < -0.3 is 14.0 Å². The topological polar surface area (TPSA) is 61.6 Å². The lowest BCUT2D eigenvalue weighted by Crippen LogP contribution is -2.16. The molecule has 5 nitrogen and oxygen atoms in total. The van der Waals surface area contributed by atoms with Crippen LogP contribution in [0.4, 0.5) is 0 Å². The number of halogens is 1. The van der Waals surface area contributed by atoms with E-state index in [0.29, 0.717) is 17.8 Å². The number of hydrogen-bond donors (Lipinski definition) is 0. The van der Waals surface area contributed by atoms with Gasteiger partial charge in [-0.3, -0.25) is 0 Å². The number of rotatable bonds is 5. The Morgan fingerprint density at radius 1 is 1.44 bits per heavy atom. The van der Waals surface area contributed by atoms with E-state index in [1.54, 1.807) is 6.92 Å². The van der Waals surface area contributed by atoms with E-state index in [1.165, 1.54) is 0 Å². The van der Waals surface area contributed by atoms with Gasteiger partial charge in [-0.2, -0.15) is 0 Å². The summed E-state index contributed by atoms with van der Waals surface area (Å²) in [6.07, 6.45) is 0. The monoisotopic (exact) mass is 319 g/mol. The summed E-state index contributed by atoms with van der Waals surface area (Å²) in [6, 6.07) is 0. The molecule has 6 heteroatoms. The first-order valence-corrected chi connectivity index (χ1v) is 6.85. The van der Waals surface area contributed by atoms with Crippen molar-refractivity contribution in [3.8, 4) is 5.88 Å². The number of ether oxygens (including phenoxy) is 2. The van der Waals surface area contributed by atoms with Gasteiger partial charge in [0.25, 0.3) is 5.88 Å². The van der Waals surface area contributed by atoms with Gasteiger partial charge >= 0.3 is 5.97 Å². The Morgan fingerprint density at radius 3 is 2.61 bits per heavy atom. The third kappa shape index (κ3) is 3.73. The minimum absolute atomic E-state index is 0.163. The van der Waals surface area contributed by atoms with E-state index >= 15 is 0 Å². The molecule has 0 spiro atoms. The molecule has 0 atom stereocenters. The van der Waals surface area contributed by atoms with E-state index in [1.807, 2.05) is 20.8 Å². The summed E-state index contributed by atoms with van der Waals surface area (Å²) >= 11 is 3.37. The molecule has 0 fully saturated rings. The molecule has 1 aromatic heterocycles. The first-order chi connectivity index (χ1) is 8.40. The highest BCUT2D eigenvalue weighted by atomic mass is 79.9.